The van der Waals surface area contributed by atoms with E-state index in [-0.39, 0.29) is 11.9 Å². The van der Waals surface area contributed by atoms with Gasteiger partial charge < -0.3 is 10.0 Å². The second-order valence-corrected chi connectivity index (χ2v) is 3.09. The fourth-order valence-electron chi connectivity index (χ4n) is 1.78. The maximum atomic E-state index is 11.1. The van der Waals surface area contributed by atoms with E-state index in [9.17, 15) is 9.59 Å². The first-order chi connectivity index (χ1) is 5.72. The van der Waals surface area contributed by atoms with Gasteiger partial charge in [0.2, 0.25) is 5.91 Å². The van der Waals surface area contributed by atoms with Crippen LogP contribution in [0.5, 0.6) is 0 Å². The first kappa shape index (κ1) is 7.34. The molecule has 1 amide bonds. The molecule has 12 heavy (non-hydrogen) atoms. The third-order valence-electron chi connectivity index (χ3n) is 2.42. The lowest BCUT2D eigenvalue weighted by Gasteiger charge is -2.44. The van der Waals surface area contributed by atoms with Gasteiger partial charge in [0.15, 0.2) is 5.92 Å². The summed E-state index contributed by atoms with van der Waals surface area (Å²) in [5.41, 5.74) is 0. The Kier molecular flexibility index (Phi) is 1.43. The van der Waals surface area contributed by atoms with Crippen molar-refractivity contribution in [2.75, 3.05) is 0 Å². The van der Waals surface area contributed by atoms with Crippen LogP contribution in [0.2, 0.25) is 0 Å². The Balaban J connectivity index is 2.18. The fourth-order valence-corrected chi connectivity index (χ4v) is 1.78. The zero-order valence-electron chi connectivity index (χ0n) is 6.43. The Hall–Kier alpha value is -1.32. The van der Waals surface area contributed by atoms with Crippen LogP contribution in [0, 0.1) is 5.92 Å². The van der Waals surface area contributed by atoms with Crippen molar-refractivity contribution in [3.63, 3.8) is 0 Å². The minimum Gasteiger partial charge on any atom is -0.481 e. The van der Waals surface area contributed by atoms with Crippen molar-refractivity contribution in [2.24, 2.45) is 5.92 Å². The van der Waals surface area contributed by atoms with E-state index >= 15 is 0 Å². The maximum Gasteiger partial charge on any atom is 0.318 e. The average Bonchev–Trinajstić information content (AvgIpc) is 2.03. The molecule has 2 aliphatic heterocycles. The summed E-state index contributed by atoms with van der Waals surface area (Å²) in [6, 6.07) is -0.0833. The number of rotatable bonds is 1. The van der Waals surface area contributed by atoms with Crippen LogP contribution in [-0.2, 0) is 9.59 Å². The smallest absolute Gasteiger partial charge is 0.318 e. The van der Waals surface area contributed by atoms with Crippen LogP contribution in [0.4, 0.5) is 0 Å². The summed E-state index contributed by atoms with van der Waals surface area (Å²) >= 11 is 0. The standard InChI is InChI=1S/C8H9NO3/c10-7-6(8(11)12)5-3-1-2-4-9(5)7/h2,4-6H,1,3H2,(H,11,12)/t5-,6?/m0/s1. The molecule has 1 saturated heterocycles. The van der Waals surface area contributed by atoms with E-state index in [1.54, 1.807) is 6.20 Å². The van der Waals surface area contributed by atoms with E-state index in [0.717, 1.165) is 12.8 Å². The van der Waals surface area contributed by atoms with E-state index in [1.807, 2.05) is 6.08 Å². The first-order valence-electron chi connectivity index (χ1n) is 3.93. The number of carbonyl (C=O) groups is 2. The van der Waals surface area contributed by atoms with E-state index in [0.29, 0.717) is 0 Å². The summed E-state index contributed by atoms with van der Waals surface area (Å²) in [7, 11) is 0. The SMILES string of the molecule is O=C(O)C1C(=O)N2C=CCC[C@@H]12. The van der Waals surface area contributed by atoms with Crippen molar-refractivity contribution in [1.29, 1.82) is 0 Å². The minimum absolute atomic E-state index is 0.0833. The summed E-state index contributed by atoms with van der Waals surface area (Å²) in [6.07, 6.45) is 5.24. The molecule has 4 nitrogen and oxygen atoms in total. The molecule has 2 atom stereocenters. The van der Waals surface area contributed by atoms with Crippen molar-refractivity contribution in [3.05, 3.63) is 12.3 Å². The monoisotopic (exact) mass is 167 g/mol. The Labute approximate surface area is 69.5 Å². The first-order valence-corrected chi connectivity index (χ1v) is 3.93. The van der Waals surface area contributed by atoms with Gasteiger partial charge in [-0.3, -0.25) is 9.59 Å². The largest absolute Gasteiger partial charge is 0.481 e. The van der Waals surface area contributed by atoms with Gasteiger partial charge in [-0.2, -0.15) is 0 Å². The molecule has 1 N–H and O–H groups in total. The molecule has 4 heteroatoms. The van der Waals surface area contributed by atoms with Crippen LogP contribution in [0.1, 0.15) is 12.8 Å². The van der Waals surface area contributed by atoms with Crippen molar-refractivity contribution in [2.45, 2.75) is 18.9 Å². The number of hydrogen-bond acceptors (Lipinski definition) is 2. The predicted molar refractivity (Wildman–Crippen MR) is 40.1 cm³/mol. The summed E-state index contributed by atoms with van der Waals surface area (Å²) in [5.74, 6) is -2.05. The van der Waals surface area contributed by atoms with Gasteiger partial charge in [-0.15, -0.1) is 0 Å². The lowest BCUT2D eigenvalue weighted by molar-refractivity contribution is -0.166. The molecule has 0 saturated carbocycles. The van der Waals surface area contributed by atoms with Gasteiger partial charge >= 0.3 is 5.97 Å². The van der Waals surface area contributed by atoms with Gasteiger partial charge in [0.1, 0.15) is 0 Å². The van der Waals surface area contributed by atoms with Gasteiger partial charge in [-0.1, -0.05) is 6.08 Å². The normalized spacial score (nSPS) is 32.7. The zero-order chi connectivity index (χ0) is 8.72. The van der Waals surface area contributed by atoms with Crippen LogP contribution in [-0.4, -0.2) is 27.9 Å². The van der Waals surface area contributed by atoms with Crippen LogP contribution in [0.25, 0.3) is 0 Å². The molecule has 2 aliphatic rings. The quantitative estimate of drug-likeness (QED) is 0.448. The lowest BCUT2D eigenvalue weighted by Crippen LogP contribution is -2.61. The molecule has 0 aromatic carbocycles. The van der Waals surface area contributed by atoms with Crippen LogP contribution < -0.4 is 0 Å². The van der Waals surface area contributed by atoms with Crippen LogP contribution >= 0.6 is 0 Å². The number of aliphatic carboxylic acids is 1. The molecular formula is C8H9NO3. The molecule has 1 unspecified atom stereocenters. The summed E-state index contributed by atoms with van der Waals surface area (Å²) in [5, 5.41) is 8.67. The van der Waals surface area contributed by atoms with E-state index < -0.39 is 11.9 Å². The fraction of sp³-hybridized carbons (Fsp3) is 0.500. The second-order valence-electron chi connectivity index (χ2n) is 3.09. The number of nitrogens with zero attached hydrogens (tertiary/aromatic N) is 1. The molecular weight excluding hydrogens is 158 g/mol. The van der Waals surface area contributed by atoms with Crippen LogP contribution in [0.3, 0.4) is 0 Å². The van der Waals surface area contributed by atoms with E-state index in [2.05, 4.69) is 0 Å². The summed E-state index contributed by atoms with van der Waals surface area (Å²) < 4.78 is 0. The highest BCUT2D eigenvalue weighted by atomic mass is 16.4. The van der Waals surface area contributed by atoms with Gasteiger partial charge in [0.25, 0.3) is 0 Å². The van der Waals surface area contributed by atoms with E-state index in [4.69, 9.17) is 5.11 Å². The topological polar surface area (TPSA) is 57.6 Å². The number of hydrogen-bond donors (Lipinski definition) is 1. The highest BCUT2D eigenvalue weighted by Gasteiger charge is 2.51. The second kappa shape index (κ2) is 2.33. The molecule has 0 aromatic heterocycles. The molecule has 0 aliphatic carbocycles. The average molecular weight is 167 g/mol. The minimum atomic E-state index is -0.989. The summed E-state index contributed by atoms with van der Waals surface area (Å²) in [4.78, 5) is 23.2. The molecule has 1 fully saturated rings. The molecule has 64 valence electrons. The predicted octanol–water partition coefficient (Wildman–Crippen LogP) is 0.206. The number of carboxylic acids is 1. The van der Waals surface area contributed by atoms with Gasteiger partial charge in [0, 0.05) is 6.20 Å². The highest BCUT2D eigenvalue weighted by Crippen LogP contribution is 2.33. The maximum absolute atomic E-state index is 11.1. The Morgan fingerprint density at radius 1 is 1.67 bits per heavy atom. The molecule has 0 bridgehead atoms. The summed E-state index contributed by atoms with van der Waals surface area (Å²) in [6.45, 7) is 0. The van der Waals surface area contributed by atoms with E-state index in [1.165, 1.54) is 4.90 Å². The number of β-lactam (4-membered cyclic amide) rings is 1. The van der Waals surface area contributed by atoms with Gasteiger partial charge in [-0.25, -0.2) is 0 Å². The highest BCUT2D eigenvalue weighted by molar-refractivity contribution is 6.03. The van der Waals surface area contributed by atoms with Gasteiger partial charge in [0.05, 0.1) is 6.04 Å². The van der Waals surface area contributed by atoms with Crippen LogP contribution in [0.15, 0.2) is 12.3 Å². The zero-order valence-corrected chi connectivity index (χ0v) is 6.43. The Morgan fingerprint density at radius 2 is 2.42 bits per heavy atom. The third kappa shape index (κ3) is 0.776. The van der Waals surface area contributed by atoms with Gasteiger partial charge in [-0.05, 0) is 12.8 Å². The molecule has 2 heterocycles. The van der Waals surface area contributed by atoms with Crippen molar-refractivity contribution < 1.29 is 14.7 Å². The van der Waals surface area contributed by atoms with Crippen molar-refractivity contribution >= 4 is 11.9 Å². The molecule has 2 rings (SSSR count). The third-order valence-corrected chi connectivity index (χ3v) is 2.42. The molecule has 0 spiro atoms. The molecule has 0 radical (unpaired) electrons. The number of fused-ring (bicyclic) bond motifs is 1. The van der Waals surface area contributed by atoms with Crippen molar-refractivity contribution in [3.8, 4) is 0 Å². The Morgan fingerprint density at radius 3 is 3.08 bits per heavy atom. The number of allylic oxidation sites excluding steroid dienone is 1. The number of amides is 1. The molecule has 0 aromatic rings. The number of carbonyl (C=O) groups excluding carboxylic acids is 1. The lowest BCUT2D eigenvalue weighted by atomic mass is 9.83. The van der Waals surface area contributed by atoms with Crippen molar-refractivity contribution in [1.82, 2.24) is 4.90 Å². The number of carboxylic acid groups (broad SMARTS) is 1. The Bertz CT molecular complexity index is 271.